The summed E-state index contributed by atoms with van der Waals surface area (Å²) in [5.41, 5.74) is 1.51. The largest absolute Gasteiger partial charge is 0.310 e. The van der Waals surface area contributed by atoms with Crippen molar-refractivity contribution >= 4 is 22.6 Å². The molecule has 1 unspecified atom stereocenters. The summed E-state index contributed by atoms with van der Waals surface area (Å²) in [6.07, 6.45) is 6.84. The Kier molecular flexibility index (Phi) is 5.29. The van der Waals surface area contributed by atoms with Gasteiger partial charge in [-0.05, 0) is 65.9 Å². The average Bonchev–Trinajstić information content (AvgIpc) is 2.85. The van der Waals surface area contributed by atoms with Gasteiger partial charge in [0.05, 0.1) is 0 Å². The highest BCUT2D eigenvalue weighted by Crippen LogP contribution is 2.37. The highest BCUT2D eigenvalue weighted by atomic mass is 127. The van der Waals surface area contributed by atoms with E-state index < -0.39 is 0 Å². The fourth-order valence-electron chi connectivity index (χ4n) is 2.85. The molecule has 1 aromatic carbocycles. The summed E-state index contributed by atoms with van der Waals surface area (Å²) < 4.78 is 1.41. The van der Waals surface area contributed by atoms with Gasteiger partial charge in [0, 0.05) is 9.61 Å². The van der Waals surface area contributed by atoms with Crippen LogP contribution >= 0.6 is 22.6 Å². The predicted molar refractivity (Wildman–Crippen MR) is 82.2 cm³/mol. The third kappa shape index (κ3) is 3.44. The minimum Gasteiger partial charge on any atom is -0.310 e. The molecule has 1 aromatic rings. The Morgan fingerprint density at radius 1 is 1.29 bits per heavy atom. The predicted octanol–water partition coefficient (Wildman–Crippen LogP) is 4.52. The molecular formula is C15H22IN. The molecule has 2 rings (SSSR count). The highest BCUT2D eigenvalue weighted by Gasteiger charge is 2.26. The summed E-state index contributed by atoms with van der Waals surface area (Å²) in [7, 11) is 0. The van der Waals surface area contributed by atoms with E-state index in [2.05, 4.69) is 59.1 Å². The summed E-state index contributed by atoms with van der Waals surface area (Å²) >= 11 is 2.47. The van der Waals surface area contributed by atoms with Gasteiger partial charge in [-0.2, -0.15) is 0 Å². The first-order valence-electron chi connectivity index (χ1n) is 6.80. The number of halogens is 1. The van der Waals surface area contributed by atoms with E-state index in [1.807, 2.05) is 0 Å². The Morgan fingerprint density at radius 3 is 2.65 bits per heavy atom. The van der Waals surface area contributed by atoms with Gasteiger partial charge in [0.2, 0.25) is 0 Å². The molecule has 0 spiro atoms. The maximum Gasteiger partial charge on any atom is 0.0359 e. The molecule has 1 nitrogen and oxygen atoms in total. The summed E-state index contributed by atoms with van der Waals surface area (Å²) in [5.74, 6) is 0.845. The molecule has 1 N–H and O–H groups in total. The summed E-state index contributed by atoms with van der Waals surface area (Å²) in [6.45, 7) is 3.38. The van der Waals surface area contributed by atoms with Crippen LogP contribution in [-0.4, -0.2) is 6.54 Å². The van der Waals surface area contributed by atoms with Gasteiger partial charge in [-0.15, -0.1) is 0 Å². The summed E-state index contributed by atoms with van der Waals surface area (Å²) in [4.78, 5) is 0. The Morgan fingerprint density at radius 2 is 2.00 bits per heavy atom. The van der Waals surface area contributed by atoms with Gasteiger partial charge < -0.3 is 5.32 Å². The van der Waals surface area contributed by atoms with Crippen LogP contribution in [0.25, 0.3) is 0 Å². The lowest BCUT2D eigenvalue weighted by molar-refractivity contribution is 0.367. The zero-order valence-electron chi connectivity index (χ0n) is 10.6. The SMILES string of the molecule is CCCNC(c1ccccc1I)C1CCCC1. The normalized spacial score (nSPS) is 18.5. The van der Waals surface area contributed by atoms with Crippen LogP contribution in [0.1, 0.15) is 50.6 Å². The lowest BCUT2D eigenvalue weighted by Gasteiger charge is -2.26. The molecule has 1 atom stereocenters. The molecule has 94 valence electrons. The van der Waals surface area contributed by atoms with Gasteiger partial charge in [0.1, 0.15) is 0 Å². The number of rotatable bonds is 5. The van der Waals surface area contributed by atoms with Crippen molar-refractivity contribution in [2.75, 3.05) is 6.54 Å². The highest BCUT2D eigenvalue weighted by molar-refractivity contribution is 14.1. The second kappa shape index (κ2) is 6.74. The van der Waals surface area contributed by atoms with Crippen LogP contribution in [0.4, 0.5) is 0 Å². The molecule has 1 aliphatic carbocycles. The molecule has 0 aromatic heterocycles. The van der Waals surface area contributed by atoms with Gasteiger partial charge in [-0.25, -0.2) is 0 Å². The van der Waals surface area contributed by atoms with E-state index in [0.29, 0.717) is 6.04 Å². The second-order valence-electron chi connectivity index (χ2n) is 5.00. The lowest BCUT2D eigenvalue weighted by Crippen LogP contribution is -2.28. The van der Waals surface area contributed by atoms with Gasteiger partial charge in [-0.1, -0.05) is 38.0 Å². The third-order valence-electron chi connectivity index (χ3n) is 3.73. The minimum absolute atomic E-state index is 0.575. The summed E-state index contributed by atoms with van der Waals surface area (Å²) in [6, 6.07) is 9.41. The maximum absolute atomic E-state index is 3.76. The van der Waals surface area contributed by atoms with Crippen molar-refractivity contribution in [3.05, 3.63) is 33.4 Å². The van der Waals surface area contributed by atoms with Crippen molar-refractivity contribution in [2.24, 2.45) is 5.92 Å². The van der Waals surface area contributed by atoms with Crippen molar-refractivity contribution in [1.29, 1.82) is 0 Å². The van der Waals surface area contributed by atoms with Crippen molar-refractivity contribution in [3.8, 4) is 0 Å². The van der Waals surface area contributed by atoms with E-state index >= 15 is 0 Å². The average molecular weight is 343 g/mol. The first-order chi connectivity index (χ1) is 8.33. The van der Waals surface area contributed by atoms with Crippen molar-refractivity contribution < 1.29 is 0 Å². The molecule has 0 aliphatic heterocycles. The van der Waals surface area contributed by atoms with E-state index in [4.69, 9.17) is 0 Å². The van der Waals surface area contributed by atoms with Crippen LogP contribution in [0.3, 0.4) is 0 Å². The van der Waals surface area contributed by atoms with Gasteiger partial charge in [-0.3, -0.25) is 0 Å². The van der Waals surface area contributed by atoms with Crippen LogP contribution in [0.15, 0.2) is 24.3 Å². The number of benzene rings is 1. The third-order valence-corrected chi connectivity index (χ3v) is 4.71. The molecule has 0 saturated heterocycles. The number of nitrogens with one attached hydrogen (secondary N) is 1. The van der Waals surface area contributed by atoms with E-state index in [-0.39, 0.29) is 0 Å². The molecule has 1 aliphatic rings. The molecule has 0 bridgehead atoms. The maximum atomic E-state index is 3.76. The Hall–Kier alpha value is -0.0900. The first-order valence-corrected chi connectivity index (χ1v) is 7.88. The minimum atomic E-state index is 0.575. The summed E-state index contributed by atoms with van der Waals surface area (Å²) in [5, 5.41) is 3.76. The van der Waals surface area contributed by atoms with Gasteiger partial charge >= 0.3 is 0 Å². The van der Waals surface area contributed by atoms with Crippen LogP contribution in [-0.2, 0) is 0 Å². The fraction of sp³-hybridized carbons (Fsp3) is 0.600. The van der Waals surface area contributed by atoms with E-state index in [0.717, 1.165) is 12.5 Å². The van der Waals surface area contributed by atoms with E-state index in [1.165, 1.54) is 41.2 Å². The number of hydrogen-bond acceptors (Lipinski definition) is 1. The second-order valence-corrected chi connectivity index (χ2v) is 6.16. The lowest BCUT2D eigenvalue weighted by atomic mass is 9.91. The van der Waals surface area contributed by atoms with E-state index in [9.17, 15) is 0 Å². The molecular weight excluding hydrogens is 321 g/mol. The van der Waals surface area contributed by atoms with Gasteiger partial charge in [0.25, 0.3) is 0 Å². The monoisotopic (exact) mass is 343 g/mol. The zero-order valence-corrected chi connectivity index (χ0v) is 12.7. The Labute approximate surface area is 119 Å². The molecule has 2 heteroatoms. The fourth-order valence-corrected chi connectivity index (χ4v) is 3.57. The van der Waals surface area contributed by atoms with Crippen molar-refractivity contribution in [3.63, 3.8) is 0 Å². The quantitative estimate of drug-likeness (QED) is 0.775. The van der Waals surface area contributed by atoms with Crippen molar-refractivity contribution in [2.45, 2.75) is 45.1 Å². The standard InChI is InChI=1S/C15H22IN/c1-2-11-17-15(12-7-3-4-8-12)13-9-5-6-10-14(13)16/h5-6,9-10,12,15,17H,2-4,7-8,11H2,1H3. The topological polar surface area (TPSA) is 12.0 Å². The smallest absolute Gasteiger partial charge is 0.0359 e. The molecule has 17 heavy (non-hydrogen) atoms. The Balaban J connectivity index is 2.16. The molecule has 1 saturated carbocycles. The van der Waals surface area contributed by atoms with E-state index in [1.54, 1.807) is 0 Å². The van der Waals surface area contributed by atoms with Crippen LogP contribution in [0.2, 0.25) is 0 Å². The molecule has 0 amide bonds. The van der Waals surface area contributed by atoms with Gasteiger partial charge in [0.15, 0.2) is 0 Å². The molecule has 1 fully saturated rings. The van der Waals surface area contributed by atoms with Crippen LogP contribution in [0.5, 0.6) is 0 Å². The molecule has 0 radical (unpaired) electrons. The number of hydrogen-bond donors (Lipinski definition) is 1. The van der Waals surface area contributed by atoms with Crippen molar-refractivity contribution in [1.82, 2.24) is 5.32 Å². The Bertz CT molecular complexity index is 345. The van der Waals surface area contributed by atoms with Crippen LogP contribution in [0, 0.1) is 9.49 Å². The molecule has 0 heterocycles. The zero-order chi connectivity index (χ0) is 12.1. The van der Waals surface area contributed by atoms with Crippen LogP contribution < -0.4 is 5.32 Å². The first kappa shape index (κ1) is 13.3.